The van der Waals surface area contributed by atoms with E-state index in [1.807, 2.05) is 0 Å². The highest BCUT2D eigenvalue weighted by atomic mass is 16.6. The first-order chi connectivity index (χ1) is 10.5. The van der Waals surface area contributed by atoms with E-state index in [1.165, 1.54) is 12.1 Å². The van der Waals surface area contributed by atoms with E-state index in [-0.39, 0.29) is 16.9 Å². The van der Waals surface area contributed by atoms with Gasteiger partial charge in [0.15, 0.2) is 12.3 Å². The fourth-order valence-electron chi connectivity index (χ4n) is 1.98. The lowest BCUT2D eigenvalue weighted by molar-refractivity contribution is -0.384. The molecule has 0 heterocycles. The van der Waals surface area contributed by atoms with E-state index >= 15 is 0 Å². The Labute approximate surface area is 125 Å². The number of aliphatic carboxylic acids is 1. The molecule has 0 aliphatic carbocycles. The quantitative estimate of drug-likeness (QED) is 0.482. The van der Waals surface area contributed by atoms with Crippen LogP contribution in [0.25, 0.3) is 0 Å². The molecule has 0 bridgehead atoms. The molecule has 7 heteroatoms. The fourth-order valence-corrected chi connectivity index (χ4v) is 1.98. The number of carbonyl (C=O) groups is 2. The molecule has 0 radical (unpaired) electrons. The molecule has 0 aliphatic rings. The van der Waals surface area contributed by atoms with Crippen LogP contribution >= 0.6 is 0 Å². The number of benzene rings is 2. The second-order valence-corrected chi connectivity index (χ2v) is 4.47. The average Bonchev–Trinajstić information content (AvgIpc) is 2.52. The third-order valence-electron chi connectivity index (χ3n) is 3.05. The first-order valence-corrected chi connectivity index (χ1v) is 6.31. The van der Waals surface area contributed by atoms with Crippen molar-refractivity contribution < 1.29 is 19.6 Å². The molecule has 2 rings (SSSR count). The molecule has 0 aliphatic heterocycles. The van der Waals surface area contributed by atoms with Gasteiger partial charge in [0, 0.05) is 23.4 Å². The number of hydrogen-bond acceptors (Lipinski definition) is 5. The predicted octanol–water partition coefficient (Wildman–Crippen LogP) is 2.65. The number of hydrogen-bond donors (Lipinski definition) is 2. The molecule has 22 heavy (non-hydrogen) atoms. The first-order valence-electron chi connectivity index (χ1n) is 6.31. The average molecular weight is 300 g/mol. The number of anilines is 1. The zero-order chi connectivity index (χ0) is 16.1. The van der Waals surface area contributed by atoms with Gasteiger partial charge < -0.3 is 10.4 Å². The van der Waals surface area contributed by atoms with Crippen LogP contribution < -0.4 is 5.32 Å². The van der Waals surface area contributed by atoms with Crippen molar-refractivity contribution in [1.82, 2.24) is 0 Å². The molecule has 2 N–H and O–H groups in total. The van der Waals surface area contributed by atoms with Gasteiger partial charge in [-0.1, -0.05) is 30.3 Å². The third kappa shape index (κ3) is 3.26. The van der Waals surface area contributed by atoms with Gasteiger partial charge >= 0.3 is 5.97 Å². The van der Waals surface area contributed by atoms with Crippen molar-refractivity contribution in [3.8, 4) is 0 Å². The normalized spacial score (nSPS) is 11.5. The summed E-state index contributed by atoms with van der Waals surface area (Å²) in [7, 11) is 0. The molecule has 0 fully saturated rings. The Morgan fingerprint density at radius 1 is 1.23 bits per heavy atom. The minimum Gasteiger partial charge on any atom is -0.479 e. The molecular weight excluding hydrogens is 288 g/mol. The van der Waals surface area contributed by atoms with Gasteiger partial charge in [0.2, 0.25) is 0 Å². The van der Waals surface area contributed by atoms with Crippen molar-refractivity contribution in [3.05, 3.63) is 69.8 Å². The summed E-state index contributed by atoms with van der Waals surface area (Å²) in [5.41, 5.74) is 0.512. The second-order valence-electron chi connectivity index (χ2n) is 4.47. The SMILES string of the molecule is O=Cc1cc([N+](=O)[O-])ccc1NC(C(=O)O)c1ccccc1. The van der Waals surface area contributed by atoms with Crippen molar-refractivity contribution >= 4 is 23.6 Å². The molecule has 2 aromatic rings. The van der Waals surface area contributed by atoms with E-state index in [0.29, 0.717) is 11.8 Å². The molecule has 112 valence electrons. The van der Waals surface area contributed by atoms with Crippen LogP contribution in [0.1, 0.15) is 22.0 Å². The van der Waals surface area contributed by atoms with Crippen molar-refractivity contribution in [2.45, 2.75) is 6.04 Å². The summed E-state index contributed by atoms with van der Waals surface area (Å²) in [6.45, 7) is 0. The summed E-state index contributed by atoms with van der Waals surface area (Å²) in [6.07, 6.45) is 0.444. The van der Waals surface area contributed by atoms with Gasteiger partial charge in [-0.25, -0.2) is 4.79 Å². The van der Waals surface area contributed by atoms with Crippen molar-refractivity contribution in [2.75, 3.05) is 5.32 Å². The first kappa shape index (κ1) is 15.2. The molecule has 0 spiro atoms. The maximum absolute atomic E-state index is 11.4. The van der Waals surface area contributed by atoms with Gasteiger partial charge in [-0.15, -0.1) is 0 Å². The van der Waals surface area contributed by atoms with Crippen LogP contribution in [0.3, 0.4) is 0 Å². The lowest BCUT2D eigenvalue weighted by Crippen LogP contribution is -2.21. The number of nitrogens with zero attached hydrogens (tertiary/aromatic N) is 1. The lowest BCUT2D eigenvalue weighted by Gasteiger charge is -2.17. The number of aldehydes is 1. The Balaban J connectivity index is 2.37. The Morgan fingerprint density at radius 2 is 1.91 bits per heavy atom. The highest BCUT2D eigenvalue weighted by molar-refractivity contribution is 5.88. The van der Waals surface area contributed by atoms with Gasteiger partial charge in [0.05, 0.1) is 4.92 Å². The lowest BCUT2D eigenvalue weighted by atomic mass is 10.1. The minimum atomic E-state index is -1.12. The molecule has 0 amide bonds. The number of rotatable bonds is 6. The molecule has 1 unspecified atom stereocenters. The Morgan fingerprint density at radius 3 is 2.45 bits per heavy atom. The Bertz CT molecular complexity index is 715. The summed E-state index contributed by atoms with van der Waals surface area (Å²) in [4.78, 5) is 32.6. The summed E-state index contributed by atoms with van der Waals surface area (Å²) in [5.74, 6) is -1.12. The minimum absolute atomic E-state index is 0.0244. The molecule has 0 saturated heterocycles. The summed E-state index contributed by atoms with van der Waals surface area (Å²) < 4.78 is 0. The molecule has 7 nitrogen and oxygen atoms in total. The standard InChI is InChI=1S/C15H12N2O5/c18-9-11-8-12(17(21)22)6-7-13(11)16-14(15(19)20)10-4-2-1-3-5-10/h1-9,14,16H,(H,19,20). The Kier molecular flexibility index (Phi) is 4.47. The number of nitro groups is 1. The molecule has 1 atom stereocenters. The number of nitrogens with one attached hydrogen (secondary N) is 1. The van der Waals surface area contributed by atoms with E-state index in [9.17, 15) is 24.8 Å². The zero-order valence-electron chi connectivity index (χ0n) is 11.3. The van der Waals surface area contributed by atoms with Crippen LogP contribution in [0.4, 0.5) is 11.4 Å². The van der Waals surface area contributed by atoms with Gasteiger partial charge in [-0.3, -0.25) is 14.9 Å². The number of nitro benzene ring substituents is 1. The second kappa shape index (κ2) is 6.49. The van der Waals surface area contributed by atoms with Gasteiger partial charge in [-0.2, -0.15) is 0 Å². The number of carbonyl (C=O) groups excluding carboxylic acids is 1. The topological polar surface area (TPSA) is 110 Å². The number of carboxylic acids is 1. The maximum atomic E-state index is 11.4. The predicted molar refractivity (Wildman–Crippen MR) is 78.9 cm³/mol. The maximum Gasteiger partial charge on any atom is 0.330 e. The Hall–Kier alpha value is -3.22. The molecule has 0 saturated carbocycles. The monoisotopic (exact) mass is 300 g/mol. The van der Waals surface area contributed by atoms with Gasteiger partial charge in [-0.05, 0) is 11.6 Å². The molecular formula is C15H12N2O5. The fraction of sp³-hybridized carbons (Fsp3) is 0.0667. The highest BCUT2D eigenvalue weighted by Crippen LogP contribution is 2.25. The summed E-state index contributed by atoms with van der Waals surface area (Å²) >= 11 is 0. The van der Waals surface area contributed by atoms with E-state index < -0.39 is 16.9 Å². The smallest absolute Gasteiger partial charge is 0.330 e. The van der Waals surface area contributed by atoms with E-state index in [1.54, 1.807) is 30.3 Å². The van der Waals surface area contributed by atoms with Gasteiger partial charge in [0.25, 0.3) is 5.69 Å². The summed E-state index contributed by atoms with van der Waals surface area (Å²) in [5, 5.41) is 22.8. The molecule has 2 aromatic carbocycles. The van der Waals surface area contributed by atoms with Crippen LogP contribution in [0, 0.1) is 10.1 Å². The zero-order valence-corrected chi connectivity index (χ0v) is 11.3. The number of non-ortho nitro benzene ring substituents is 1. The van der Waals surface area contributed by atoms with Crippen LogP contribution in [0.15, 0.2) is 48.5 Å². The van der Waals surface area contributed by atoms with Crippen molar-refractivity contribution in [1.29, 1.82) is 0 Å². The third-order valence-corrected chi connectivity index (χ3v) is 3.05. The number of carboxylic acid groups (broad SMARTS) is 1. The highest BCUT2D eigenvalue weighted by Gasteiger charge is 2.21. The van der Waals surface area contributed by atoms with Crippen LogP contribution in [0.2, 0.25) is 0 Å². The van der Waals surface area contributed by atoms with Crippen LogP contribution in [-0.4, -0.2) is 22.3 Å². The van der Waals surface area contributed by atoms with Crippen molar-refractivity contribution in [3.63, 3.8) is 0 Å². The largest absolute Gasteiger partial charge is 0.479 e. The summed E-state index contributed by atoms with van der Waals surface area (Å²) in [6, 6.07) is 11.0. The van der Waals surface area contributed by atoms with E-state index in [0.717, 1.165) is 6.07 Å². The van der Waals surface area contributed by atoms with Gasteiger partial charge in [0.1, 0.15) is 0 Å². The van der Waals surface area contributed by atoms with Crippen molar-refractivity contribution in [2.24, 2.45) is 0 Å². The van der Waals surface area contributed by atoms with E-state index in [4.69, 9.17) is 0 Å². The van der Waals surface area contributed by atoms with Crippen LogP contribution in [-0.2, 0) is 4.79 Å². The van der Waals surface area contributed by atoms with Crippen LogP contribution in [0.5, 0.6) is 0 Å². The molecule has 0 aromatic heterocycles. The van der Waals surface area contributed by atoms with E-state index in [2.05, 4.69) is 5.32 Å².